The van der Waals surface area contributed by atoms with Crippen molar-refractivity contribution in [1.29, 1.82) is 0 Å². The molecule has 0 fully saturated rings. The average Bonchev–Trinajstić information content (AvgIpc) is 1.98. The molecule has 0 aliphatic heterocycles. The highest BCUT2D eigenvalue weighted by molar-refractivity contribution is 9.11. The zero-order chi connectivity index (χ0) is 8.85. The number of allylic oxidation sites excluding steroid dienone is 2. The molecule has 0 amide bonds. The number of hydrogen-bond acceptors (Lipinski definition) is 1. The van der Waals surface area contributed by atoms with Crippen LogP contribution < -0.4 is 0 Å². The first-order valence-corrected chi connectivity index (χ1v) is 4.50. The fraction of sp³-hybridized carbons (Fsp3) is 0.556. The minimum Gasteiger partial charge on any atom is -0.389 e. The summed E-state index contributed by atoms with van der Waals surface area (Å²) in [6.07, 6.45) is 3.12. The van der Waals surface area contributed by atoms with Crippen LogP contribution in [0.25, 0.3) is 0 Å². The lowest BCUT2D eigenvalue weighted by molar-refractivity contribution is 0.201. The fourth-order valence-electron chi connectivity index (χ4n) is 0.722. The SMILES string of the molecule is C=CCCC(O)/C(C)=C(/C)Br. The number of hydrogen-bond donors (Lipinski definition) is 1. The highest BCUT2D eigenvalue weighted by Crippen LogP contribution is 2.16. The van der Waals surface area contributed by atoms with E-state index in [0.717, 1.165) is 22.9 Å². The summed E-state index contributed by atoms with van der Waals surface area (Å²) >= 11 is 3.33. The van der Waals surface area contributed by atoms with Gasteiger partial charge >= 0.3 is 0 Å². The van der Waals surface area contributed by atoms with Crippen molar-refractivity contribution in [3.8, 4) is 0 Å². The van der Waals surface area contributed by atoms with Crippen molar-refractivity contribution in [1.82, 2.24) is 0 Å². The van der Waals surface area contributed by atoms with Gasteiger partial charge in [-0.1, -0.05) is 22.0 Å². The predicted octanol–water partition coefficient (Wildman–Crippen LogP) is 3.00. The molecule has 1 nitrogen and oxygen atoms in total. The average molecular weight is 219 g/mol. The quantitative estimate of drug-likeness (QED) is 0.720. The summed E-state index contributed by atoms with van der Waals surface area (Å²) in [5.41, 5.74) is 1.01. The zero-order valence-electron chi connectivity index (χ0n) is 7.10. The van der Waals surface area contributed by atoms with Crippen LogP contribution >= 0.6 is 15.9 Å². The molecule has 0 aromatic heterocycles. The largest absolute Gasteiger partial charge is 0.389 e. The third-order valence-corrected chi connectivity index (χ3v) is 2.31. The Labute approximate surface area is 76.9 Å². The van der Waals surface area contributed by atoms with Gasteiger partial charge in [-0.25, -0.2) is 0 Å². The Hall–Kier alpha value is -0.0800. The zero-order valence-corrected chi connectivity index (χ0v) is 8.69. The molecular formula is C9H15BrO. The van der Waals surface area contributed by atoms with Gasteiger partial charge in [0.15, 0.2) is 0 Å². The number of halogens is 1. The summed E-state index contributed by atoms with van der Waals surface area (Å²) in [6.45, 7) is 7.46. The Morgan fingerprint density at radius 2 is 2.18 bits per heavy atom. The molecule has 0 saturated heterocycles. The van der Waals surface area contributed by atoms with E-state index < -0.39 is 0 Å². The summed E-state index contributed by atoms with van der Waals surface area (Å²) in [5, 5.41) is 9.48. The summed E-state index contributed by atoms with van der Waals surface area (Å²) in [7, 11) is 0. The van der Waals surface area contributed by atoms with Gasteiger partial charge in [-0.2, -0.15) is 0 Å². The third-order valence-electron chi connectivity index (χ3n) is 1.69. The van der Waals surface area contributed by atoms with Crippen molar-refractivity contribution < 1.29 is 5.11 Å². The van der Waals surface area contributed by atoms with E-state index in [1.807, 2.05) is 19.9 Å². The maximum Gasteiger partial charge on any atom is 0.0761 e. The van der Waals surface area contributed by atoms with Gasteiger partial charge in [0.05, 0.1) is 6.10 Å². The molecular weight excluding hydrogens is 204 g/mol. The van der Waals surface area contributed by atoms with E-state index in [0.29, 0.717) is 0 Å². The number of aliphatic hydroxyl groups is 1. The topological polar surface area (TPSA) is 20.2 Å². The van der Waals surface area contributed by atoms with E-state index >= 15 is 0 Å². The van der Waals surface area contributed by atoms with Crippen LogP contribution in [-0.2, 0) is 0 Å². The number of rotatable bonds is 4. The molecule has 1 unspecified atom stereocenters. The van der Waals surface area contributed by atoms with Gasteiger partial charge in [0.1, 0.15) is 0 Å². The van der Waals surface area contributed by atoms with Gasteiger partial charge in [0, 0.05) is 0 Å². The molecule has 1 N–H and O–H groups in total. The van der Waals surface area contributed by atoms with Crippen LogP contribution in [0.15, 0.2) is 22.7 Å². The van der Waals surface area contributed by atoms with E-state index in [1.165, 1.54) is 0 Å². The summed E-state index contributed by atoms with van der Waals surface area (Å²) in [4.78, 5) is 0. The minimum absolute atomic E-state index is 0.327. The molecule has 0 radical (unpaired) electrons. The molecule has 0 saturated carbocycles. The Morgan fingerprint density at radius 1 is 1.64 bits per heavy atom. The molecule has 0 aliphatic carbocycles. The highest BCUT2D eigenvalue weighted by Gasteiger charge is 2.06. The van der Waals surface area contributed by atoms with Gasteiger partial charge < -0.3 is 5.11 Å². The lowest BCUT2D eigenvalue weighted by atomic mass is 10.1. The maximum atomic E-state index is 9.48. The molecule has 0 aromatic rings. The maximum absolute atomic E-state index is 9.48. The van der Waals surface area contributed by atoms with Crippen molar-refractivity contribution in [3.05, 3.63) is 22.7 Å². The second-order valence-corrected chi connectivity index (χ2v) is 3.79. The lowest BCUT2D eigenvalue weighted by Crippen LogP contribution is -2.07. The Bertz CT molecular complexity index is 157. The third kappa shape index (κ3) is 4.38. The second kappa shape index (κ2) is 5.56. The first-order valence-electron chi connectivity index (χ1n) is 3.71. The van der Waals surface area contributed by atoms with Crippen LogP contribution in [0.3, 0.4) is 0 Å². The normalized spacial score (nSPS) is 15.6. The first kappa shape index (κ1) is 10.9. The smallest absolute Gasteiger partial charge is 0.0761 e. The van der Waals surface area contributed by atoms with E-state index in [1.54, 1.807) is 0 Å². The molecule has 0 aromatic carbocycles. The van der Waals surface area contributed by atoms with Crippen molar-refractivity contribution in [2.75, 3.05) is 0 Å². The van der Waals surface area contributed by atoms with Gasteiger partial charge in [0.2, 0.25) is 0 Å². The molecule has 0 bridgehead atoms. The first-order chi connectivity index (χ1) is 5.09. The van der Waals surface area contributed by atoms with Crippen LogP contribution in [0.1, 0.15) is 26.7 Å². The Kier molecular flexibility index (Phi) is 5.51. The fourth-order valence-corrected chi connectivity index (χ4v) is 0.986. The molecule has 0 rings (SSSR count). The molecule has 64 valence electrons. The second-order valence-electron chi connectivity index (χ2n) is 2.60. The molecule has 0 heterocycles. The van der Waals surface area contributed by atoms with Crippen LogP contribution in [0.4, 0.5) is 0 Å². The van der Waals surface area contributed by atoms with E-state index in [4.69, 9.17) is 0 Å². The van der Waals surface area contributed by atoms with Crippen LogP contribution in [0.5, 0.6) is 0 Å². The number of aliphatic hydroxyl groups excluding tert-OH is 1. The monoisotopic (exact) mass is 218 g/mol. The van der Waals surface area contributed by atoms with Crippen molar-refractivity contribution in [2.45, 2.75) is 32.8 Å². The predicted molar refractivity (Wildman–Crippen MR) is 52.7 cm³/mol. The lowest BCUT2D eigenvalue weighted by Gasteiger charge is -2.10. The summed E-state index contributed by atoms with van der Waals surface area (Å²) in [6, 6.07) is 0. The van der Waals surface area contributed by atoms with Crippen molar-refractivity contribution in [2.24, 2.45) is 0 Å². The van der Waals surface area contributed by atoms with Gasteiger partial charge in [-0.3, -0.25) is 0 Å². The molecule has 0 spiro atoms. The van der Waals surface area contributed by atoms with Crippen LogP contribution in [0, 0.1) is 0 Å². The van der Waals surface area contributed by atoms with E-state index in [-0.39, 0.29) is 6.10 Å². The summed E-state index contributed by atoms with van der Waals surface area (Å²) in [5.74, 6) is 0. The highest BCUT2D eigenvalue weighted by atomic mass is 79.9. The van der Waals surface area contributed by atoms with Gasteiger partial charge in [-0.05, 0) is 36.7 Å². The van der Waals surface area contributed by atoms with E-state index in [2.05, 4.69) is 22.5 Å². The Morgan fingerprint density at radius 3 is 2.55 bits per heavy atom. The van der Waals surface area contributed by atoms with Crippen LogP contribution in [0.2, 0.25) is 0 Å². The van der Waals surface area contributed by atoms with Crippen molar-refractivity contribution >= 4 is 15.9 Å². The van der Waals surface area contributed by atoms with Crippen LogP contribution in [-0.4, -0.2) is 11.2 Å². The molecule has 0 aliphatic rings. The van der Waals surface area contributed by atoms with Gasteiger partial charge in [0.25, 0.3) is 0 Å². The molecule has 1 atom stereocenters. The van der Waals surface area contributed by atoms with E-state index in [9.17, 15) is 5.11 Å². The summed E-state index contributed by atoms with van der Waals surface area (Å²) < 4.78 is 1.02. The molecule has 11 heavy (non-hydrogen) atoms. The molecule has 2 heteroatoms. The van der Waals surface area contributed by atoms with Gasteiger partial charge in [-0.15, -0.1) is 6.58 Å². The van der Waals surface area contributed by atoms with Crippen molar-refractivity contribution in [3.63, 3.8) is 0 Å². The minimum atomic E-state index is -0.327. The Balaban J connectivity index is 3.92. The standard InChI is InChI=1S/C9H15BrO/c1-4-5-6-9(11)7(2)8(3)10/h4,9,11H,1,5-6H2,2-3H3/b8-7-.